The van der Waals surface area contributed by atoms with Gasteiger partial charge in [0, 0.05) is 6.42 Å². The number of carbonyl (C=O) groups excluding carboxylic acids is 3. The number of ether oxygens (including phenoxy) is 3. The minimum absolute atomic E-state index is 0. The third-order valence-electron chi connectivity index (χ3n) is 6.54. The van der Waals surface area contributed by atoms with Crippen LogP contribution in [0.15, 0.2) is 12.2 Å². The van der Waals surface area contributed by atoms with Crippen LogP contribution in [0.25, 0.3) is 0 Å². The van der Waals surface area contributed by atoms with E-state index in [0.717, 1.165) is 38.5 Å². The van der Waals surface area contributed by atoms with Gasteiger partial charge in [-0.05, 0) is 32.1 Å². The molecule has 12 heteroatoms. The Kier molecular flexibility index (Phi) is 21.2. The Balaban J connectivity index is 0.0000144. The van der Waals surface area contributed by atoms with Crippen molar-refractivity contribution < 1.29 is 76.2 Å². The minimum atomic E-state index is -5.14. The number of aliphatic hydroxyl groups excluding tert-OH is 1. The summed E-state index contributed by atoms with van der Waals surface area (Å²) in [6.45, 7) is 0.112. The van der Waals surface area contributed by atoms with Crippen LogP contribution >= 0.6 is 0 Å². The van der Waals surface area contributed by atoms with Crippen molar-refractivity contribution in [2.45, 2.75) is 108 Å². The summed E-state index contributed by atoms with van der Waals surface area (Å²) in [5, 5.41) is 7.59. The van der Waals surface area contributed by atoms with Crippen LogP contribution in [-0.4, -0.2) is 67.7 Å². The Morgan fingerprint density at radius 2 is 1.51 bits per heavy atom. The Bertz CT molecular complexity index is 846. The van der Waals surface area contributed by atoms with Crippen molar-refractivity contribution >= 4 is 28.0 Å². The second-order valence-corrected chi connectivity index (χ2v) is 11.7. The first-order valence-electron chi connectivity index (χ1n) is 13.8. The van der Waals surface area contributed by atoms with Gasteiger partial charge >= 0.3 is 47.5 Å². The molecule has 1 heterocycles. The first kappa shape index (κ1) is 38.0. The summed E-state index contributed by atoms with van der Waals surface area (Å²) >= 11 is 0. The molecule has 39 heavy (non-hydrogen) atoms. The maximum Gasteiger partial charge on any atom is 1.00 e. The standard InChI is InChI=1S/C27H46O10S.Na/c1-2-3-4-5-6-7-8-9-10-11-12-13-14-15-16-17-24(29)35-20-27(19-28)21-36-25(30)18-23(38(32,33)34)26(31)37-22-27;/h9-10,23,28H,2-8,11-22H2,1H3,(H,32,33,34);/q;+1/p-1/b10-9+;. The van der Waals surface area contributed by atoms with Crippen LogP contribution in [0.3, 0.4) is 0 Å². The summed E-state index contributed by atoms with van der Waals surface area (Å²) in [6, 6.07) is 0. The number of cyclic esters (lactones) is 2. The summed E-state index contributed by atoms with van der Waals surface area (Å²) in [4.78, 5) is 36.1. The molecule has 220 valence electrons. The number of carbonyl (C=O) groups is 3. The predicted molar refractivity (Wildman–Crippen MR) is 140 cm³/mol. The molecule has 0 spiro atoms. The van der Waals surface area contributed by atoms with Gasteiger partial charge in [0.05, 0.1) is 18.4 Å². The summed E-state index contributed by atoms with van der Waals surface area (Å²) in [6.07, 6.45) is 18.5. The van der Waals surface area contributed by atoms with Gasteiger partial charge in [-0.2, -0.15) is 0 Å². The molecule has 0 bridgehead atoms. The van der Waals surface area contributed by atoms with Crippen molar-refractivity contribution in [2.75, 3.05) is 26.4 Å². The van der Waals surface area contributed by atoms with E-state index in [-0.39, 0.29) is 36.0 Å². The fourth-order valence-electron chi connectivity index (χ4n) is 3.97. The third kappa shape index (κ3) is 17.4. The number of hydrogen-bond donors (Lipinski definition) is 1. The Morgan fingerprint density at radius 1 is 0.974 bits per heavy atom. The normalized spacial score (nSPS) is 20.3. The molecule has 0 aromatic heterocycles. The first-order chi connectivity index (χ1) is 18.1. The van der Waals surface area contributed by atoms with Crippen LogP contribution in [0.5, 0.6) is 0 Å². The molecular weight excluding hydrogens is 539 g/mol. The van der Waals surface area contributed by atoms with Crippen molar-refractivity contribution in [2.24, 2.45) is 5.41 Å². The smallest absolute Gasteiger partial charge is 0.747 e. The van der Waals surface area contributed by atoms with E-state index >= 15 is 0 Å². The molecule has 1 rings (SSSR count). The molecule has 1 aliphatic rings. The monoisotopic (exact) mass is 584 g/mol. The van der Waals surface area contributed by atoms with E-state index in [1.54, 1.807) is 0 Å². The van der Waals surface area contributed by atoms with Crippen LogP contribution in [0.2, 0.25) is 0 Å². The Morgan fingerprint density at radius 3 is 2.08 bits per heavy atom. The van der Waals surface area contributed by atoms with Gasteiger partial charge in [0.2, 0.25) is 0 Å². The molecule has 1 N–H and O–H groups in total. The number of rotatable bonds is 19. The van der Waals surface area contributed by atoms with Gasteiger partial charge in [0.1, 0.15) is 29.9 Å². The molecule has 0 amide bonds. The van der Waals surface area contributed by atoms with E-state index in [4.69, 9.17) is 14.2 Å². The molecule has 1 aliphatic heterocycles. The molecule has 2 atom stereocenters. The number of allylic oxidation sites excluding steroid dienone is 2. The summed E-state index contributed by atoms with van der Waals surface area (Å²) < 4.78 is 48.8. The zero-order valence-corrected chi connectivity index (χ0v) is 26.5. The fourth-order valence-corrected chi connectivity index (χ4v) is 4.62. The molecule has 2 unspecified atom stereocenters. The summed E-state index contributed by atoms with van der Waals surface area (Å²) in [5.74, 6) is -3.02. The maximum atomic E-state index is 12.2. The maximum absolute atomic E-state index is 12.2. The van der Waals surface area contributed by atoms with Gasteiger partial charge in [-0.25, -0.2) is 8.42 Å². The van der Waals surface area contributed by atoms with Crippen LogP contribution in [0, 0.1) is 5.41 Å². The molecule has 1 fully saturated rings. The molecular formula is C27H45NaO10S. The largest absolute Gasteiger partial charge is 1.00 e. The SMILES string of the molecule is CCCCCCCC/C=C/CCCCCCCC(=O)OCC1(CO)COC(=O)CC(S(=O)(=O)[O-])C(=O)OC1.[Na+]. The number of esters is 3. The number of hydrogen-bond acceptors (Lipinski definition) is 10. The van der Waals surface area contributed by atoms with E-state index in [1.165, 1.54) is 38.5 Å². The van der Waals surface area contributed by atoms with Crippen LogP contribution < -0.4 is 29.6 Å². The van der Waals surface area contributed by atoms with E-state index in [1.807, 2.05) is 0 Å². The molecule has 0 saturated carbocycles. The Hall–Kier alpha value is -0.980. The zero-order valence-electron chi connectivity index (χ0n) is 23.7. The van der Waals surface area contributed by atoms with E-state index in [2.05, 4.69) is 19.1 Å². The van der Waals surface area contributed by atoms with Crippen molar-refractivity contribution in [1.82, 2.24) is 0 Å². The van der Waals surface area contributed by atoms with Gasteiger partial charge in [0.25, 0.3) is 0 Å². The van der Waals surface area contributed by atoms with Gasteiger partial charge in [-0.3, -0.25) is 14.4 Å². The van der Waals surface area contributed by atoms with Crippen LogP contribution in [-0.2, 0) is 38.7 Å². The van der Waals surface area contributed by atoms with Crippen molar-refractivity contribution in [1.29, 1.82) is 0 Å². The molecule has 0 aromatic rings. The second kappa shape index (κ2) is 21.7. The van der Waals surface area contributed by atoms with E-state index < -0.39 is 71.5 Å². The van der Waals surface area contributed by atoms with Gasteiger partial charge < -0.3 is 23.9 Å². The van der Waals surface area contributed by atoms with Crippen molar-refractivity contribution in [3.05, 3.63) is 12.2 Å². The van der Waals surface area contributed by atoms with Crippen molar-refractivity contribution in [3.63, 3.8) is 0 Å². The molecule has 0 aromatic carbocycles. The first-order valence-corrected chi connectivity index (χ1v) is 15.3. The second-order valence-electron chi connectivity index (χ2n) is 10.1. The average Bonchev–Trinajstić information content (AvgIpc) is 2.94. The Labute approximate surface area is 255 Å². The minimum Gasteiger partial charge on any atom is -0.747 e. The van der Waals surface area contributed by atoms with Gasteiger partial charge in [-0.1, -0.05) is 70.4 Å². The molecule has 0 aliphatic carbocycles. The molecule has 10 nitrogen and oxygen atoms in total. The topological polar surface area (TPSA) is 156 Å². The summed E-state index contributed by atoms with van der Waals surface area (Å²) in [7, 11) is -5.14. The zero-order chi connectivity index (χ0) is 28.3. The molecule has 1 saturated heterocycles. The fraction of sp³-hybridized carbons (Fsp3) is 0.815. The number of unbranched alkanes of at least 4 members (excludes halogenated alkanes) is 11. The molecule has 0 radical (unpaired) electrons. The van der Waals surface area contributed by atoms with Gasteiger partial charge in [-0.15, -0.1) is 0 Å². The van der Waals surface area contributed by atoms with E-state index in [0.29, 0.717) is 6.42 Å². The van der Waals surface area contributed by atoms with Crippen LogP contribution in [0.1, 0.15) is 103 Å². The van der Waals surface area contributed by atoms with Crippen LogP contribution in [0.4, 0.5) is 0 Å². The summed E-state index contributed by atoms with van der Waals surface area (Å²) in [5.41, 5.74) is -1.45. The van der Waals surface area contributed by atoms with Crippen molar-refractivity contribution in [3.8, 4) is 0 Å². The quantitative estimate of drug-likeness (QED) is 0.0579. The van der Waals surface area contributed by atoms with E-state index in [9.17, 15) is 32.5 Å². The van der Waals surface area contributed by atoms with Gasteiger partial charge in [0.15, 0.2) is 5.25 Å². The third-order valence-corrected chi connectivity index (χ3v) is 7.60. The predicted octanol–water partition coefficient (Wildman–Crippen LogP) is 0.954. The number of aliphatic hydroxyl groups is 1. The average molecular weight is 585 g/mol.